The van der Waals surface area contributed by atoms with Gasteiger partial charge in [0.1, 0.15) is 5.82 Å². The predicted octanol–water partition coefficient (Wildman–Crippen LogP) is 2.81. The number of amides is 3. The lowest BCUT2D eigenvalue weighted by Gasteiger charge is -2.04. The molecule has 20 heavy (non-hydrogen) atoms. The number of urea groups is 1. The number of thiophene rings is 1. The summed E-state index contributed by atoms with van der Waals surface area (Å²) in [5.41, 5.74) is 0.784. The summed E-state index contributed by atoms with van der Waals surface area (Å²) in [7, 11) is 0. The summed E-state index contributed by atoms with van der Waals surface area (Å²) in [5, 5.41) is 6.60. The minimum Gasteiger partial charge on any atom is -0.292 e. The Balaban J connectivity index is 1.86. The zero-order valence-electron chi connectivity index (χ0n) is 10.8. The molecule has 0 aliphatic carbocycles. The van der Waals surface area contributed by atoms with Crippen molar-refractivity contribution in [3.8, 4) is 0 Å². The van der Waals surface area contributed by atoms with E-state index < -0.39 is 11.9 Å². The number of carbonyl (C=O) groups excluding carboxylic acids is 2. The van der Waals surface area contributed by atoms with Crippen LogP contribution in [-0.2, 0) is 4.79 Å². The van der Waals surface area contributed by atoms with Gasteiger partial charge in [0.2, 0.25) is 0 Å². The number of hydrogen-bond acceptors (Lipinski definition) is 4. The Labute approximate surface area is 120 Å². The van der Waals surface area contributed by atoms with Gasteiger partial charge in [-0.1, -0.05) is 12.1 Å². The lowest BCUT2D eigenvalue weighted by Crippen LogP contribution is -2.33. The van der Waals surface area contributed by atoms with Gasteiger partial charge in [-0.15, -0.1) is 11.3 Å². The van der Waals surface area contributed by atoms with Crippen LogP contribution in [0.2, 0.25) is 0 Å². The van der Waals surface area contributed by atoms with Gasteiger partial charge in [-0.3, -0.25) is 15.4 Å². The van der Waals surface area contributed by atoms with Crippen LogP contribution in [0.4, 0.5) is 10.6 Å². The summed E-state index contributed by atoms with van der Waals surface area (Å²) in [6, 6.07) is 8.40. The molecular weight excluding hydrogens is 274 g/mol. The number of rotatable bonds is 3. The number of nitrogens with zero attached hydrogens (tertiary/aromatic N) is 1. The fourth-order valence-corrected chi connectivity index (χ4v) is 2.08. The second-order valence-corrected chi connectivity index (χ2v) is 4.94. The van der Waals surface area contributed by atoms with Crippen molar-refractivity contribution in [1.29, 1.82) is 0 Å². The zero-order valence-corrected chi connectivity index (χ0v) is 11.6. The van der Waals surface area contributed by atoms with E-state index in [0.717, 1.165) is 10.6 Å². The predicted molar refractivity (Wildman–Crippen MR) is 79.5 cm³/mol. The highest BCUT2D eigenvalue weighted by atomic mass is 32.1. The fraction of sp³-hybridized carbons (Fsp3) is 0.0714. The first kappa shape index (κ1) is 14.0. The Morgan fingerprint density at radius 1 is 1.25 bits per heavy atom. The van der Waals surface area contributed by atoms with Gasteiger partial charge in [-0.25, -0.2) is 9.78 Å². The first-order chi connectivity index (χ1) is 9.63. The number of aromatic nitrogens is 1. The molecule has 0 aromatic carbocycles. The molecule has 2 N–H and O–H groups in total. The van der Waals surface area contributed by atoms with E-state index in [0.29, 0.717) is 5.82 Å². The van der Waals surface area contributed by atoms with Gasteiger partial charge in [0.05, 0.1) is 0 Å². The minimum atomic E-state index is -0.607. The van der Waals surface area contributed by atoms with Crippen LogP contribution in [0.15, 0.2) is 41.8 Å². The molecule has 0 aliphatic heterocycles. The number of anilines is 1. The third-order valence-electron chi connectivity index (χ3n) is 2.31. The van der Waals surface area contributed by atoms with Crippen molar-refractivity contribution in [1.82, 2.24) is 10.3 Å². The molecule has 2 aromatic rings. The first-order valence-corrected chi connectivity index (χ1v) is 6.78. The average molecular weight is 287 g/mol. The molecular formula is C14H13N3O2S. The standard InChI is InChI=1S/C14H13N3O2S/c1-10-4-2-6-12(15-10)16-14(19)17-13(18)8-7-11-5-3-9-20-11/h2-9H,1H3,(H2,15,16,17,18,19). The van der Waals surface area contributed by atoms with E-state index in [-0.39, 0.29) is 0 Å². The minimum absolute atomic E-state index is 0.400. The number of nitrogens with one attached hydrogen (secondary N) is 2. The molecule has 2 aromatic heterocycles. The topological polar surface area (TPSA) is 71.1 Å². The van der Waals surface area contributed by atoms with Crippen molar-refractivity contribution in [3.63, 3.8) is 0 Å². The Bertz CT molecular complexity index is 636. The molecule has 5 nitrogen and oxygen atoms in total. The molecule has 102 valence electrons. The summed E-state index contributed by atoms with van der Waals surface area (Å²) in [5.74, 6) is -0.0823. The molecule has 0 spiro atoms. The molecule has 2 heterocycles. The van der Waals surface area contributed by atoms with E-state index in [9.17, 15) is 9.59 Å². The smallest absolute Gasteiger partial charge is 0.292 e. The van der Waals surface area contributed by atoms with E-state index in [4.69, 9.17) is 0 Å². The third-order valence-corrected chi connectivity index (χ3v) is 3.15. The molecule has 0 bridgehead atoms. The number of hydrogen-bond donors (Lipinski definition) is 2. The van der Waals surface area contributed by atoms with Gasteiger partial charge in [-0.05, 0) is 36.6 Å². The van der Waals surface area contributed by atoms with Crippen LogP contribution in [0.3, 0.4) is 0 Å². The number of aryl methyl sites for hydroxylation is 1. The molecule has 3 amide bonds. The van der Waals surface area contributed by atoms with Gasteiger partial charge < -0.3 is 0 Å². The van der Waals surface area contributed by atoms with Crippen molar-refractivity contribution in [2.75, 3.05) is 5.32 Å². The zero-order chi connectivity index (χ0) is 14.4. The molecule has 2 rings (SSSR count). The molecule has 0 saturated carbocycles. The van der Waals surface area contributed by atoms with E-state index in [1.165, 1.54) is 17.4 Å². The highest BCUT2D eigenvalue weighted by Gasteiger charge is 2.05. The maximum absolute atomic E-state index is 11.6. The molecule has 6 heteroatoms. The number of pyridine rings is 1. The van der Waals surface area contributed by atoms with Gasteiger partial charge in [0, 0.05) is 16.6 Å². The molecule has 0 unspecified atom stereocenters. The van der Waals surface area contributed by atoms with Crippen molar-refractivity contribution in [2.45, 2.75) is 6.92 Å². The monoisotopic (exact) mass is 287 g/mol. The van der Waals surface area contributed by atoms with Crippen LogP contribution in [0.25, 0.3) is 6.08 Å². The van der Waals surface area contributed by atoms with Crippen molar-refractivity contribution < 1.29 is 9.59 Å². The summed E-state index contributed by atoms with van der Waals surface area (Å²) in [4.78, 5) is 28.2. The Morgan fingerprint density at radius 2 is 2.10 bits per heavy atom. The SMILES string of the molecule is Cc1cccc(NC(=O)NC(=O)C=Cc2cccs2)n1. The molecule has 0 fully saturated rings. The lowest BCUT2D eigenvalue weighted by molar-refractivity contribution is -0.115. The van der Waals surface area contributed by atoms with Gasteiger partial charge in [0.15, 0.2) is 0 Å². The molecule has 0 radical (unpaired) electrons. The van der Waals surface area contributed by atoms with Crippen molar-refractivity contribution in [2.24, 2.45) is 0 Å². The van der Waals surface area contributed by atoms with Crippen LogP contribution in [0, 0.1) is 6.92 Å². The first-order valence-electron chi connectivity index (χ1n) is 5.91. The highest BCUT2D eigenvalue weighted by molar-refractivity contribution is 7.10. The third kappa shape index (κ3) is 4.33. The second-order valence-electron chi connectivity index (χ2n) is 3.96. The molecule has 0 atom stereocenters. The summed E-state index contributed by atoms with van der Waals surface area (Å²) < 4.78 is 0. The van der Waals surface area contributed by atoms with Crippen LogP contribution in [0.1, 0.15) is 10.6 Å². The molecule has 0 aliphatic rings. The normalized spacial score (nSPS) is 10.4. The average Bonchev–Trinajstić information content (AvgIpc) is 2.89. The number of imide groups is 1. The quantitative estimate of drug-likeness (QED) is 0.853. The van der Waals surface area contributed by atoms with Crippen molar-refractivity contribution in [3.05, 3.63) is 52.4 Å². The van der Waals surface area contributed by atoms with Crippen LogP contribution < -0.4 is 10.6 Å². The second kappa shape index (κ2) is 6.63. The largest absolute Gasteiger partial charge is 0.327 e. The van der Waals surface area contributed by atoms with Gasteiger partial charge >= 0.3 is 6.03 Å². The lowest BCUT2D eigenvalue weighted by atomic mass is 10.4. The van der Waals surface area contributed by atoms with Crippen molar-refractivity contribution >= 4 is 35.2 Å². The molecule has 0 saturated heterocycles. The van der Waals surface area contributed by atoms with E-state index in [2.05, 4.69) is 15.6 Å². The van der Waals surface area contributed by atoms with E-state index >= 15 is 0 Å². The maximum atomic E-state index is 11.6. The summed E-state index contributed by atoms with van der Waals surface area (Å²) in [6.07, 6.45) is 2.97. The Morgan fingerprint density at radius 3 is 2.80 bits per heavy atom. The Hall–Kier alpha value is -2.47. The Kier molecular flexibility index (Phi) is 4.62. The summed E-state index contributed by atoms with van der Waals surface area (Å²) in [6.45, 7) is 1.82. The van der Waals surface area contributed by atoms with Crippen LogP contribution >= 0.6 is 11.3 Å². The highest BCUT2D eigenvalue weighted by Crippen LogP contribution is 2.09. The van der Waals surface area contributed by atoms with E-state index in [1.807, 2.05) is 30.5 Å². The maximum Gasteiger partial charge on any atom is 0.327 e. The van der Waals surface area contributed by atoms with E-state index in [1.54, 1.807) is 18.2 Å². The van der Waals surface area contributed by atoms with Crippen LogP contribution in [-0.4, -0.2) is 16.9 Å². The van der Waals surface area contributed by atoms with Crippen LogP contribution in [0.5, 0.6) is 0 Å². The fourth-order valence-electron chi connectivity index (χ4n) is 1.46. The van der Waals surface area contributed by atoms with Gasteiger partial charge in [0.25, 0.3) is 5.91 Å². The van der Waals surface area contributed by atoms with Gasteiger partial charge in [-0.2, -0.15) is 0 Å². The summed E-state index contributed by atoms with van der Waals surface area (Å²) >= 11 is 1.51. The number of carbonyl (C=O) groups is 2.